The number of rotatable bonds is 4. The number of hydrogen-bond donors (Lipinski definition) is 2. The summed E-state index contributed by atoms with van der Waals surface area (Å²) < 4.78 is 0. The summed E-state index contributed by atoms with van der Waals surface area (Å²) in [4.78, 5) is 12.5. The van der Waals surface area contributed by atoms with Gasteiger partial charge >= 0.3 is 0 Å². The van der Waals surface area contributed by atoms with Gasteiger partial charge in [0.25, 0.3) is 0 Å². The van der Waals surface area contributed by atoms with Crippen LogP contribution in [-0.4, -0.2) is 17.2 Å². The van der Waals surface area contributed by atoms with E-state index in [-0.39, 0.29) is 28.9 Å². The third kappa shape index (κ3) is 4.02. The number of aromatic hydroxyl groups is 1. The van der Waals surface area contributed by atoms with Gasteiger partial charge in [0.2, 0.25) is 5.91 Å². The minimum atomic E-state index is -0.0779. The lowest BCUT2D eigenvalue weighted by molar-refractivity contribution is -0.122. The Hall–Kier alpha value is -3.14. The summed E-state index contributed by atoms with van der Waals surface area (Å²) in [5.74, 6) is 0.273. The highest BCUT2D eigenvalue weighted by atomic mass is 16.3. The Balaban J connectivity index is 1.41. The van der Waals surface area contributed by atoms with Crippen LogP contribution in [0.3, 0.4) is 0 Å². The van der Waals surface area contributed by atoms with Crippen LogP contribution in [0.5, 0.6) is 5.75 Å². The first-order valence-corrected chi connectivity index (χ1v) is 9.98. The van der Waals surface area contributed by atoms with Gasteiger partial charge in [-0.2, -0.15) is 5.10 Å². The summed E-state index contributed by atoms with van der Waals surface area (Å²) in [5.41, 5.74) is 5.87. The summed E-state index contributed by atoms with van der Waals surface area (Å²) in [5, 5.41) is 16.2. The average Bonchev–Trinajstić information content (AvgIpc) is 3.50. The molecule has 0 aromatic heterocycles. The van der Waals surface area contributed by atoms with Gasteiger partial charge in [-0.3, -0.25) is 4.79 Å². The Labute approximate surface area is 171 Å². The fraction of sp³-hybridized carbons (Fsp3) is 0.280. The van der Waals surface area contributed by atoms with E-state index in [0.29, 0.717) is 5.56 Å². The molecule has 0 heterocycles. The summed E-state index contributed by atoms with van der Waals surface area (Å²) in [7, 11) is 0. The molecular formula is C25H26N2O2. The zero-order valence-corrected chi connectivity index (χ0v) is 17.0. The number of phenolic OH excluding ortho intramolecular Hbond substituents is 1. The van der Waals surface area contributed by atoms with E-state index >= 15 is 0 Å². The number of amides is 1. The standard InChI is InChI=1S/C25H26N2O2/c1-25(2,3)18-11-8-17(9-12-18)20-14-21(20)24(29)27-26-15-22-19-7-5-4-6-16(19)10-13-23(22)28/h4-13,15,20-21,28H,14H2,1-3H3,(H,27,29)/b26-15+. The molecule has 148 valence electrons. The van der Waals surface area contributed by atoms with Crippen LogP contribution in [0, 0.1) is 5.92 Å². The predicted molar refractivity (Wildman–Crippen MR) is 117 cm³/mol. The first-order valence-electron chi connectivity index (χ1n) is 9.98. The Kier molecular flexibility index (Phi) is 4.87. The molecule has 1 aliphatic rings. The van der Waals surface area contributed by atoms with E-state index in [2.05, 4.69) is 55.6 Å². The molecule has 2 N–H and O–H groups in total. The second kappa shape index (κ2) is 7.36. The zero-order chi connectivity index (χ0) is 20.6. The van der Waals surface area contributed by atoms with Crippen molar-refractivity contribution in [3.63, 3.8) is 0 Å². The SMILES string of the molecule is CC(C)(C)c1ccc(C2CC2C(=O)N/N=C/c2c(O)ccc3ccccc23)cc1. The minimum absolute atomic E-state index is 0.0475. The number of nitrogens with one attached hydrogen (secondary N) is 1. The fourth-order valence-electron chi connectivity index (χ4n) is 3.75. The maximum atomic E-state index is 12.5. The number of carbonyl (C=O) groups is 1. The van der Waals surface area contributed by atoms with Crippen molar-refractivity contribution in [1.29, 1.82) is 0 Å². The van der Waals surface area contributed by atoms with E-state index in [1.807, 2.05) is 30.3 Å². The van der Waals surface area contributed by atoms with Crippen LogP contribution in [0.1, 0.15) is 49.8 Å². The van der Waals surface area contributed by atoms with Gasteiger partial charge in [-0.25, -0.2) is 5.43 Å². The van der Waals surface area contributed by atoms with E-state index in [1.54, 1.807) is 6.07 Å². The van der Waals surface area contributed by atoms with E-state index in [9.17, 15) is 9.90 Å². The molecule has 0 bridgehead atoms. The molecule has 0 aliphatic heterocycles. The van der Waals surface area contributed by atoms with Crippen LogP contribution < -0.4 is 5.43 Å². The fourth-order valence-corrected chi connectivity index (χ4v) is 3.75. The van der Waals surface area contributed by atoms with E-state index in [4.69, 9.17) is 0 Å². The predicted octanol–water partition coefficient (Wildman–Crippen LogP) is 5.10. The molecule has 4 rings (SSSR count). The summed E-state index contributed by atoms with van der Waals surface area (Å²) in [6.07, 6.45) is 2.36. The zero-order valence-electron chi connectivity index (χ0n) is 17.0. The first-order chi connectivity index (χ1) is 13.8. The molecule has 1 aliphatic carbocycles. The molecule has 0 radical (unpaired) electrons. The molecule has 1 fully saturated rings. The van der Waals surface area contributed by atoms with Gasteiger partial charge in [-0.1, -0.05) is 75.4 Å². The van der Waals surface area contributed by atoms with Crippen LogP contribution in [0.25, 0.3) is 10.8 Å². The number of nitrogens with zero attached hydrogens (tertiary/aromatic N) is 1. The third-order valence-corrected chi connectivity index (χ3v) is 5.65. The lowest BCUT2D eigenvalue weighted by atomic mass is 9.86. The van der Waals surface area contributed by atoms with Crippen molar-refractivity contribution in [2.24, 2.45) is 11.0 Å². The summed E-state index contributed by atoms with van der Waals surface area (Å²) in [6, 6.07) is 19.9. The summed E-state index contributed by atoms with van der Waals surface area (Å²) in [6.45, 7) is 6.59. The molecule has 0 spiro atoms. The second-order valence-corrected chi connectivity index (χ2v) is 8.77. The van der Waals surface area contributed by atoms with E-state index in [0.717, 1.165) is 17.2 Å². The number of fused-ring (bicyclic) bond motifs is 1. The number of benzene rings is 3. The van der Waals surface area contributed by atoms with Gasteiger partial charge in [-0.05, 0) is 45.7 Å². The van der Waals surface area contributed by atoms with Crippen molar-refractivity contribution in [3.05, 3.63) is 77.4 Å². The topological polar surface area (TPSA) is 61.7 Å². The largest absolute Gasteiger partial charge is 0.507 e. The van der Waals surface area contributed by atoms with Crippen molar-refractivity contribution < 1.29 is 9.90 Å². The van der Waals surface area contributed by atoms with E-state index in [1.165, 1.54) is 17.3 Å². The lowest BCUT2D eigenvalue weighted by Crippen LogP contribution is -2.20. The monoisotopic (exact) mass is 386 g/mol. The highest BCUT2D eigenvalue weighted by molar-refractivity contribution is 6.02. The van der Waals surface area contributed by atoms with Crippen molar-refractivity contribution in [2.45, 2.75) is 38.5 Å². The molecule has 4 heteroatoms. The molecule has 0 saturated heterocycles. The third-order valence-electron chi connectivity index (χ3n) is 5.65. The van der Waals surface area contributed by atoms with Crippen LogP contribution in [0.15, 0.2) is 65.8 Å². The molecule has 3 aromatic rings. The van der Waals surface area contributed by atoms with Gasteiger partial charge in [0.05, 0.1) is 6.21 Å². The molecule has 1 amide bonds. The van der Waals surface area contributed by atoms with Crippen molar-refractivity contribution in [3.8, 4) is 5.75 Å². The maximum absolute atomic E-state index is 12.5. The first kappa shape index (κ1) is 19.2. The Morgan fingerprint density at radius 2 is 1.79 bits per heavy atom. The molecule has 29 heavy (non-hydrogen) atoms. The molecule has 4 nitrogen and oxygen atoms in total. The van der Waals surface area contributed by atoms with E-state index < -0.39 is 0 Å². The Bertz CT molecular complexity index is 1080. The highest BCUT2D eigenvalue weighted by Gasteiger charge is 2.44. The van der Waals surface area contributed by atoms with Gasteiger partial charge in [0, 0.05) is 11.5 Å². The quantitative estimate of drug-likeness (QED) is 0.484. The van der Waals surface area contributed by atoms with Gasteiger partial charge < -0.3 is 5.11 Å². The van der Waals surface area contributed by atoms with Gasteiger partial charge in [-0.15, -0.1) is 0 Å². The maximum Gasteiger partial charge on any atom is 0.243 e. The van der Waals surface area contributed by atoms with Crippen LogP contribution in [0.2, 0.25) is 0 Å². The molecule has 1 saturated carbocycles. The van der Waals surface area contributed by atoms with Crippen molar-refractivity contribution >= 4 is 22.9 Å². The molecule has 2 unspecified atom stereocenters. The highest BCUT2D eigenvalue weighted by Crippen LogP contribution is 2.47. The van der Waals surface area contributed by atoms with Gasteiger partial charge in [0.15, 0.2) is 0 Å². The van der Waals surface area contributed by atoms with Crippen LogP contribution in [-0.2, 0) is 10.2 Å². The van der Waals surface area contributed by atoms with Crippen molar-refractivity contribution in [2.75, 3.05) is 0 Å². The lowest BCUT2D eigenvalue weighted by Gasteiger charge is -2.19. The minimum Gasteiger partial charge on any atom is -0.507 e. The summed E-state index contributed by atoms with van der Waals surface area (Å²) >= 11 is 0. The van der Waals surface area contributed by atoms with Gasteiger partial charge in [0.1, 0.15) is 5.75 Å². The number of hydrogen-bond acceptors (Lipinski definition) is 3. The molecule has 3 aromatic carbocycles. The van der Waals surface area contributed by atoms with Crippen molar-refractivity contribution in [1.82, 2.24) is 5.43 Å². The Morgan fingerprint density at radius 3 is 2.52 bits per heavy atom. The second-order valence-electron chi connectivity index (χ2n) is 8.77. The smallest absolute Gasteiger partial charge is 0.243 e. The molecule has 2 atom stereocenters. The number of phenols is 1. The normalized spacial score (nSPS) is 18.9. The molecular weight excluding hydrogens is 360 g/mol. The average molecular weight is 386 g/mol. The number of hydrazone groups is 1. The Morgan fingerprint density at radius 1 is 1.07 bits per heavy atom. The number of carbonyl (C=O) groups excluding carboxylic acids is 1. The van der Waals surface area contributed by atoms with Crippen LogP contribution >= 0.6 is 0 Å². The van der Waals surface area contributed by atoms with Crippen LogP contribution in [0.4, 0.5) is 0 Å².